The van der Waals surface area contributed by atoms with E-state index in [-0.39, 0.29) is 0 Å². The van der Waals surface area contributed by atoms with Gasteiger partial charge in [-0.1, -0.05) is 15.9 Å². The fourth-order valence-electron chi connectivity index (χ4n) is 1.63. The molecule has 1 heterocycles. The van der Waals surface area contributed by atoms with Crippen LogP contribution in [0.1, 0.15) is 11.3 Å². The highest BCUT2D eigenvalue weighted by molar-refractivity contribution is 9.10. The fraction of sp³-hybridized carbons (Fsp3) is 0.167. The minimum Gasteiger partial charge on any atom is -0.312 e. The average molecular weight is 261 g/mol. The Morgan fingerprint density at radius 1 is 1.40 bits per heavy atom. The van der Waals surface area contributed by atoms with Gasteiger partial charge in [-0.15, -0.1) is 0 Å². The van der Waals surface area contributed by atoms with Crippen LogP contribution < -0.4 is 0 Å². The number of rotatable bonds is 1. The SMILES string of the molecule is [C-]#[N+]Cc1cc(C)nc2ccc(Br)cc12. The number of pyridine rings is 1. The van der Waals surface area contributed by atoms with Crippen LogP contribution in [-0.2, 0) is 6.54 Å². The molecule has 0 saturated heterocycles. The van der Waals surface area contributed by atoms with Crippen LogP contribution in [0.3, 0.4) is 0 Å². The van der Waals surface area contributed by atoms with Crippen molar-refractivity contribution >= 4 is 26.8 Å². The van der Waals surface area contributed by atoms with Crippen molar-refractivity contribution in [3.8, 4) is 0 Å². The summed E-state index contributed by atoms with van der Waals surface area (Å²) in [5.41, 5.74) is 2.97. The van der Waals surface area contributed by atoms with Crippen molar-refractivity contribution in [1.29, 1.82) is 0 Å². The normalized spacial score (nSPS) is 10.2. The van der Waals surface area contributed by atoms with E-state index < -0.39 is 0 Å². The fourth-order valence-corrected chi connectivity index (χ4v) is 1.99. The van der Waals surface area contributed by atoms with Gasteiger partial charge in [0.2, 0.25) is 6.54 Å². The molecule has 0 fully saturated rings. The quantitative estimate of drug-likeness (QED) is 0.715. The summed E-state index contributed by atoms with van der Waals surface area (Å²) in [6.07, 6.45) is 0. The molecule has 0 spiro atoms. The maximum Gasteiger partial charge on any atom is 0.240 e. The van der Waals surface area contributed by atoms with E-state index in [4.69, 9.17) is 6.57 Å². The van der Waals surface area contributed by atoms with E-state index >= 15 is 0 Å². The predicted octanol–water partition coefficient (Wildman–Crippen LogP) is 3.73. The van der Waals surface area contributed by atoms with Crippen LogP contribution in [-0.4, -0.2) is 4.98 Å². The van der Waals surface area contributed by atoms with Gasteiger partial charge in [0.25, 0.3) is 0 Å². The van der Waals surface area contributed by atoms with Gasteiger partial charge in [-0.25, -0.2) is 6.57 Å². The monoisotopic (exact) mass is 260 g/mol. The number of halogens is 1. The van der Waals surface area contributed by atoms with Gasteiger partial charge in [0.05, 0.1) is 5.52 Å². The maximum atomic E-state index is 6.93. The minimum absolute atomic E-state index is 0.413. The summed E-state index contributed by atoms with van der Waals surface area (Å²) < 4.78 is 1.02. The minimum atomic E-state index is 0.413. The lowest BCUT2D eigenvalue weighted by Crippen LogP contribution is -1.90. The first-order valence-corrected chi connectivity index (χ1v) is 5.39. The van der Waals surface area contributed by atoms with Crippen LogP contribution in [0.5, 0.6) is 0 Å². The smallest absolute Gasteiger partial charge is 0.240 e. The molecule has 0 aliphatic carbocycles. The summed E-state index contributed by atoms with van der Waals surface area (Å²) in [4.78, 5) is 7.87. The first-order valence-electron chi connectivity index (χ1n) is 4.59. The van der Waals surface area contributed by atoms with Gasteiger partial charge < -0.3 is 4.85 Å². The second-order valence-corrected chi connectivity index (χ2v) is 4.32. The molecular formula is C12H9BrN2. The molecule has 0 bridgehead atoms. The summed E-state index contributed by atoms with van der Waals surface area (Å²) in [7, 11) is 0. The molecule has 0 N–H and O–H groups in total. The molecule has 0 atom stereocenters. The molecule has 2 rings (SSSR count). The first kappa shape index (κ1) is 10.1. The molecule has 74 valence electrons. The zero-order chi connectivity index (χ0) is 10.8. The molecule has 0 unspecified atom stereocenters. The van der Waals surface area contributed by atoms with E-state index in [9.17, 15) is 0 Å². The van der Waals surface area contributed by atoms with E-state index in [2.05, 4.69) is 25.8 Å². The van der Waals surface area contributed by atoms with Crippen LogP contribution in [0.15, 0.2) is 28.7 Å². The molecule has 0 aliphatic heterocycles. The molecule has 1 aromatic heterocycles. The Labute approximate surface area is 96.9 Å². The van der Waals surface area contributed by atoms with Crippen molar-refractivity contribution in [2.75, 3.05) is 0 Å². The Kier molecular flexibility index (Phi) is 2.70. The highest BCUT2D eigenvalue weighted by Crippen LogP contribution is 2.23. The molecule has 15 heavy (non-hydrogen) atoms. The number of aryl methyl sites for hydroxylation is 1. The largest absolute Gasteiger partial charge is 0.312 e. The van der Waals surface area contributed by atoms with Gasteiger partial charge in [-0.3, -0.25) is 4.98 Å². The van der Waals surface area contributed by atoms with Crippen LogP contribution >= 0.6 is 15.9 Å². The second-order valence-electron chi connectivity index (χ2n) is 3.40. The summed E-state index contributed by atoms with van der Waals surface area (Å²) >= 11 is 3.43. The van der Waals surface area contributed by atoms with Crippen molar-refractivity contribution < 1.29 is 0 Å². The van der Waals surface area contributed by atoms with Gasteiger partial charge >= 0.3 is 0 Å². The van der Waals surface area contributed by atoms with Gasteiger partial charge in [0.1, 0.15) is 0 Å². The van der Waals surface area contributed by atoms with Crippen molar-refractivity contribution in [3.63, 3.8) is 0 Å². The summed E-state index contributed by atoms with van der Waals surface area (Å²) in [6, 6.07) is 7.94. The van der Waals surface area contributed by atoms with Gasteiger partial charge in [-0.2, -0.15) is 0 Å². The molecule has 0 amide bonds. The molecule has 1 aromatic carbocycles. The maximum absolute atomic E-state index is 6.93. The Morgan fingerprint density at radius 3 is 2.93 bits per heavy atom. The third-order valence-electron chi connectivity index (χ3n) is 2.23. The molecule has 0 radical (unpaired) electrons. The molecule has 2 aromatic rings. The third kappa shape index (κ3) is 2.00. The topological polar surface area (TPSA) is 17.2 Å². The number of aromatic nitrogens is 1. The Hall–Kier alpha value is -1.40. The Morgan fingerprint density at radius 2 is 2.20 bits per heavy atom. The standard InChI is InChI=1S/C12H9BrN2/c1-8-5-9(7-14-2)11-6-10(13)3-4-12(11)15-8/h3-6H,7H2,1H3. The highest BCUT2D eigenvalue weighted by atomic mass is 79.9. The second kappa shape index (κ2) is 4.00. The zero-order valence-electron chi connectivity index (χ0n) is 8.29. The number of nitrogens with zero attached hydrogens (tertiary/aromatic N) is 2. The van der Waals surface area contributed by atoms with Gasteiger partial charge in [0.15, 0.2) is 0 Å². The van der Waals surface area contributed by atoms with Crippen LogP contribution in [0, 0.1) is 13.5 Å². The van der Waals surface area contributed by atoms with Crippen LogP contribution in [0.4, 0.5) is 0 Å². The van der Waals surface area contributed by atoms with Crippen molar-refractivity contribution in [1.82, 2.24) is 4.98 Å². The number of fused-ring (bicyclic) bond motifs is 1. The lowest BCUT2D eigenvalue weighted by Gasteiger charge is -2.03. The van der Waals surface area contributed by atoms with Crippen LogP contribution in [0.25, 0.3) is 15.7 Å². The summed E-state index contributed by atoms with van der Waals surface area (Å²) in [5, 5.41) is 1.06. The van der Waals surface area contributed by atoms with Gasteiger partial charge in [0, 0.05) is 21.1 Å². The molecule has 2 nitrogen and oxygen atoms in total. The Bertz CT molecular complexity index is 555. The number of hydrogen-bond acceptors (Lipinski definition) is 1. The Balaban J connectivity index is 2.77. The van der Waals surface area contributed by atoms with E-state index in [0.29, 0.717) is 6.54 Å². The van der Waals surface area contributed by atoms with Gasteiger partial charge in [-0.05, 0) is 31.2 Å². The van der Waals surface area contributed by atoms with E-state index in [0.717, 1.165) is 26.6 Å². The van der Waals surface area contributed by atoms with E-state index in [1.165, 1.54) is 0 Å². The molecule has 0 aliphatic rings. The summed E-state index contributed by atoms with van der Waals surface area (Å²) in [6.45, 7) is 9.30. The van der Waals surface area contributed by atoms with E-state index in [1.54, 1.807) is 0 Å². The van der Waals surface area contributed by atoms with Crippen LogP contribution in [0.2, 0.25) is 0 Å². The molecule has 3 heteroatoms. The average Bonchev–Trinajstić information content (AvgIpc) is 2.19. The van der Waals surface area contributed by atoms with Crippen molar-refractivity contribution in [2.24, 2.45) is 0 Å². The highest BCUT2D eigenvalue weighted by Gasteiger charge is 2.06. The third-order valence-corrected chi connectivity index (χ3v) is 2.73. The predicted molar refractivity (Wildman–Crippen MR) is 64.5 cm³/mol. The van der Waals surface area contributed by atoms with Crippen molar-refractivity contribution in [2.45, 2.75) is 13.5 Å². The summed E-state index contributed by atoms with van der Waals surface area (Å²) in [5.74, 6) is 0. The molecule has 0 saturated carbocycles. The number of hydrogen-bond donors (Lipinski definition) is 0. The first-order chi connectivity index (χ1) is 7.20. The lowest BCUT2D eigenvalue weighted by atomic mass is 10.1. The van der Waals surface area contributed by atoms with E-state index in [1.807, 2.05) is 31.2 Å². The molecular weight excluding hydrogens is 252 g/mol. The zero-order valence-corrected chi connectivity index (χ0v) is 9.87. The number of benzene rings is 1. The lowest BCUT2D eigenvalue weighted by molar-refractivity contribution is 1.19. The van der Waals surface area contributed by atoms with Crippen molar-refractivity contribution in [3.05, 3.63) is 51.4 Å².